The van der Waals surface area contributed by atoms with Crippen LogP contribution in [0.2, 0.25) is 0 Å². The average molecular weight is 427 g/mol. The van der Waals surface area contributed by atoms with E-state index in [2.05, 4.69) is 23.6 Å². The third-order valence-corrected chi connectivity index (χ3v) is 5.54. The molecule has 0 bridgehead atoms. The van der Waals surface area contributed by atoms with Crippen LogP contribution in [0.15, 0.2) is 97.2 Å². The highest BCUT2D eigenvalue weighted by Crippen LogP contribution is 2.21. The molecule has 32 heavy (non-hydrogen) atoms. The molecule has 0 radical (unpaired) electrons. The highest BCUT2D eigenvalue weighted by molar-refractivity contribution is 5.94. The normalized spacial score (nSPS) is 10.8. The van der Waals surface area contributed by atoms with Gasteiger partial charge in [-0.2, -0.15) is 0 Å². The smallest absolute Gasteiger partial charge is 0.254 e. The minimum atomic E-state index is -0.238. The second-order valence-corrected chi connectivity index (χ2v) is 7.93. The lowest BCUT2D eigenvalue weighted by Gasteiger charge is -2.23. The summed E-state index contributed by atoms with van der Waals surface area (Å²) in [5.41, 5.74) is 4.82. The van der Waals surface area contributed by atoms with Crippen LogP contribution in [0.1, 0.15) is 35.0 Å². The summed E-state index contributed by atoms with van der Waals surface area (Å²) in [6.07, 6.45) is 2.85. The summed E-state index contributed by atoms with van der Waals surface area (Å²) in [5, 5.41) is 0. The number of halogens is 1. The Morgan fingerprint density at radius 3 is 2.34 bits per heavy atom. The maximum absolute atomic E-state index is 13.6. The second kappa shape index (κ2) is 10.1. The molecule has 4 heteroatoms. The standard InChI is InChI=1S/C28H27FN2O/c1-2-17-31(21-27-12-7-18-30(27)20-22-8-6-11-26(29)19-22)28(32)25-15-13-24(14-16-25)23-9-4-3-5-10-23/h3-16,18-19H,2,17,20-21H2,1H3. The van der Waals surface area contributed by atoms with Crippen LogP contribution in [0.25, 0.3) is 11.1 Å². The quantitative estimate of drug-likeness (QED) is 0.320. The van der Waals surface area contributed by atoms with Crippen molar-refractivity contribution in [3.8, 4) is 11.1 Å². The van der Waals surface area contributed by atoms with E-state index < -0.39 is 0 Å². The molecular formula is C28H27FN2O. The van der Waals surface area contributed by atoms with E-state index in [0.29, 0.717) is 25.2 Å². The van der Waals surface area contributed by atoms with Gasteiger partial charge < -0.3 is 9.47 Å². The van der Waals surface area contributed by atoms with E-state index in [1.54, 1.807) is 12.1 Å². The first-order valence-electron chi connectivity index (χ1n) is 11.0. The van der Waals surface area contributed by atoms with Gasteiger partial charge in [0.05, 0.1) is 6.54 Å². The number of benzene rings is 3. The fourth-order valence-corrected chi connectivity index (χ4v) is 3.92. The van der Waals surface area contributed by atoms with Crippen LogP contribution in [-0.2, 0) is 13.1 Å². The molecule has 0 saturated carbocycles. The summed E-state index contributed by atoms with van der Waals surface area (Å²) in [4.78, 5) is 15.2. The molecule has 0 aliphatic carbocycles. The molecule has 3 aromatic carbocycles. The van der Waals surface area contributed by atoms with Crippen molar-refractivity contribution in [3.63, 3.8) is 0 Å². The van der Waals surface area contributed by atoms with E-state index in [1.165, 1.54) is 6.07 Å². The van der Waals surface area contributed by atoms with Crippen molar-refractivity contribution in [2.24, 2.45) is 0 Å². The topological polar surface area (TPSA) is 25.2 Å². The van der Waals surface area contributed by atoms with Gasteiger partial charge in [0.25, 0.3) is 5.91 Å². The number of hydrogen-bond acceptors (Lipinski definition) is 1. The largest absolute Gasteiger partial charge is 0.345 e. The summed E-state index contributed by atoms with van der Waals surface area (Å²) in [6, 6.07) is 28.6. The van der Waals surface area contributed by atoms with E-state index in [-0.39, 0.29) is 11.7 Å². The minimum absolute atomic E-state index is 0.0185. The Kier molecular flexibility index (Phi) is 6.81. The van der Waals surface area contributed by atoms with E-state index in [4.69, 9.17) is 0 Å². The first-order chi connectivity index (χ1) is 15.6. The molecule has 0 spiro atoms. The zero-order valence-corrected chi connectivity index (χ0v) is 18.2. The van der Waals surface area contributed by atoms with Gasteiger partial charge in [-0.15, -0.1) is 0 Å². The number of hydrogen-bond donors (Lipinski definition) is 0. The van der Waals surface area contributed by atoms with E-state index in [1.807, 2.05) is 71.8 Å². The molecule has 4 rings (SSSR count). The zero-order chi connectivity index (χ0) is 22.3. The van der Waals surface area contributed by atoms with Crippen LogP contribution in [0.3, 0.4) is 0 Å². The first-order valence-corrected chi connectivity index (χ1v) is 11.0. The molecular weight excluding hydrogens is 399 g/mol. The summed E-state index contributed by atoms with van der Waals surface area (Å²) in [7, 11) is 0. The van der Waals surface area contributed by atoms with Gasteiger partial charge in [0.1, 0.15) is 5.82 Å². The lowest BCUT2D eigenvalue weighted by molar-refractivity contribution is 0.0739. The Balaban J connectivity index is 1.51. The fourth-order valence-electron chi connectivity index (χ4n) is 3.92. The predicted octanol–water partition coefficient (Wildman–Crippen LogP) is 6.39. The van der Waals surface area contributed by atoms with Gasteiger partial charge in [0, 0.05) is 30.5 Å². The number of carbonyl (C=O) groups is 1. The number of nitrogens with zero attached hydrogens (tertiary/aromatic N) is 2. The monoisotopic (exact) mass is 426 g/mol. The van der Waals surface area contributed by atoms with Gasteiger partial charge in [-0.05, 0) is 59.5 Å². The van der Waals surface area contributed by atoms with Gasteiger partial charge >= 0.3 is 0 Å². The van der Waals surface area contributed by atoms with Crippen LogP contribution in [0.4, 0.5) is 4.39 Å². The van der Waals surface area contributed by atoms with Crippen molar-refractivity contribution in [2.75, 3.05) is 6.54 Å². The Labute approximate surface area is 188 Å². The molecule has 0 unspecified atom stereocenters. The lowest BCUT2D eigenvalue weighted by Crippen LogP contribution is -2.32. The summed E-state index contributed by atoms with van der Waals surface area (Å²) in [5.74, 6) is -0.220. The van der Waals surface area contributed by atoms with Gasteiger partial charge in [0.2, 0.25) is 0 Å². The highest BCUT2D eigenvalue weighted by atomic mass is 19.1. The van der Waals surface area contributed by atoms with Gasteiger partial charge in [-0.3, -0.25) is 4.79 Å². The lowest BCUT2D eigenvalue weighted by atomic mass is 10.0. The Hall–Kier alpha value is -3.66. The van der Waals surface area contributed by atoms with Crippen molar-refractivity contribution in [2.45, 2.75) is 26.4 Å². The molecule has 1 heterocycles. The average Bonchev–Trinajstić information content (AvgIpc) is 3.25. The van der Waals surface area contributed by atoms with Crippen LogP contribution in [0.5, 0.6) is 0 Å². The van der Waals surface area contributed by atoms with Gasteiger partial charge in [0.15, 0.2) is 0 Å². The molecule has 0 fully saturated rings. The maximum atomic E-state index is 13.6. The Bertz CT molecular complexity index is 1170. The summed E-state index contributed by atoms with van der Waals surface area (Å²) >= 11 is 0. The van der Waals surface area contributed by atoms with Crippen molar-refractivity contribution < 1.29 is 9.18 Å². The molecule has 0 saturated heterocycles. The van der Waals surface area contributed by atoms with E-state index in [9.17, 15) is 9.18 Å². The maximum Gasteiger partial charge on any atom is 0.254 e. The molecule has 1 amide bonds. The van der Waals surface area contributed by atoms with Crippen LogP contribution < -0.4 is 0 Å². The number of carbonyl (C=O) groups excluding carboxylic acids is 1. The molecule has 0 aliphatic rings. The molecule has 162 valence electrons. The Morgan fingerprint density at radius 2 is 1.62 bits per heavy atom. The molecule has 4 aromatic rings. The van der Waals surface area contributed by atoms with Crippen molar-refractivity contribution >= 4 is 5.91 Å². The van der Waals surface area contributed by atoms with Crippen LogP contribution >= 0.6 is 0 Å². The third kappa shape index (κ3) is 5.14. The highest BCUT2D eigenvalue weighted by Gasteiger charge is 2.17. The Morgan fingerprint density at radius 1 is 0.875 bits per heavy atom. The van der Waals surface area contributed by atoms with Gasteiger partial charge in [-0.1, -0.05) is 61.5 Å². The number of amides is 1. The first kappa shape index (κ1) is 21.6. The zero-order valence-electron chi connectivity index (χ0n) is 18.2. The predicted molar refractivity (Wildman–Crippen MR) is 127 cm³/mol. The van der Waals surface area contributed by atoms with E-state index in [0.717, 1.165) is 28.8 Å². The number of aromatic nitrogens is 1. The van der Waals surface area contributed by atoms with E-state index >= 15 is 0 Å². The second-order valence-electron chi connectivity index (χ2n) is 7.93. The molecule has 1 aromatic heterocycles. The van der Waals surface area contributed by atoms with Crippen LogP contribution in [0, 0.1) is 5.82 Å². The minimum Gasteiger partial charge on any atom is -0.345 e. The molecule has 0 atom stereocenters. The van der Waals surface area contributed by atoms with Gasteiger partial charge in [-0.25, -0.2) is 4.39 Å². The fraction of sp³-hybridized carbons (Fsp3) is 0.179. The molecule has 0 N–H and O–H groups in total. The van der Waals surface area contributed by atoms with Crippen LogP contribution in [-0.4, -0.2) is 21.9 Å². The summed E-state index contributed by atoms with van der Waals surface area (Å²) < 4.78 is 15.6. The van der Waals surface area contributed by atoms with Crippen molar-refractivity contribution in [1.29, 1.82) is 0 Å². The number of rotatable bonds is 8. The molecule has 0 aliphatic heterocycles. The molecule has 3 nitrogen and oxygen atoms in total. The summed E-state index contributed by atoms with van der Waals surface area (Å²) in [6.45, 7) is 3.82. The van der Waals surface area contributed by atoms with Crippen molar-refractivity contribution in [1.82, 2.24) is 9.47 Å². The third-order valence-electron chi connectivity index (χ3n) is 5.54. The SMILES string of the molecule is CCCN(Cc1cccn1Cc1cccc(F)c1)C(=O)c1ccc(-c2ccccc2)cc1. The van der Waals surface area contributed by atoms with Crippen molar-refractivity contribution in [3.05, 3.63) is 120 Å².